The average molecular weight is 388 g/mol. The third-order valence-electron chi connectivity index (χ3n) is 3.74. The average Bonchev–Trinajstić information content (AvgIpc) is 3.10. The SMILES string of the molecule is C[C@H](Sc1ccccc1)C(=O)N(C)Cc1nc(-c2ccccc2Cl)no1. The Balaban J connectivity index is 1.63. The predicted molar refractivity (Wildman–Crippen MR) is 103 cm³/mol. The Morgan fingerprint density at radius 1 is 1.19 bits per heavy atom. The zero-order valence-corrected chi connectivity index (χ0v) is 16.0. The molecule has 0 radical (unpaired) electrons. The van der Waals surface area contributed by atoms with Gasteiger partial charge in [-0.05, 0) is 31.2 Å². The van der Waals surface area contributed by atoms with Gasteiger partial charge >= 0.3 is 0 Å². The van der Waals surface area contributed by atoms with Crippen LogP contribution in [0.5, 0.6) is 0 Å². The van der Waals surface area contributed by atoms with Crippen LogP contribution in [-0.4, -0.2) is 33.2 Å². The molecular formula is C19H18ClN3O2S. The van der Waals surface area contributed by atoms with E-state index < -0.39 is 0 Å². The summed E-state index contributed by atoms with van der Waals surface area (Å²) in [5, 5.41) is 4.30. The van der Waals surface area contributed by atoms with Crippen molar-refractivity contribution in [3.05, 3.63) is 65.5 Å². The largest absolute Gasteiger partial charge is 0.337 e. The molecule has 0 fully saturated rings. The molecule has 5 nitrogen and oxygen atoms in total. The lowest BCUT2D eigenvalue weighted by Gasteiger charge is -2.19. The molecule has 0 bridgehead atoms. The van der Waals surface area contributed by atoms with Gasteiger partial charge in [0, 0.05) is 17.5 Å². The van der Waals surface area contributed by atoms with E-state index in [-0.39, 0.29) is 17.7 Å². The van der Waals surface area contributed by atoms with Gasteiger partial charge in [-0.2, -0.15) is 4.98 Å². The Labute approximate surface area is 161 Å². The standard InChI is InChI=1S/C19H18ClN3O2S/c1-13(26-14-8-4-3-5-9-14)19(24)23(2)12-17-21-18(22-25-17)15-10-6-7-11-16(15)20/h3-11,13H,12H2,1-2H3/t13-/m0/s1. The van der Waals surface area contributed by atoms with Crippen molar-refractivity contribution in [1.82, 2.24) is 15.0 Å². The Kier molecular flexibility index (Phi) is 5.96. The number of carbonyl (C=O) groups excluding carboxylic acids is 1. The van der Waals surface area contributed by atoms with Gasteiger partial charge in [0.05, 0.1) is 16.8 Å². The van der Waals surface area contributed by atoms with Gasteiger partial charge in [0.1, 0.15) is 0 Å². The summed E-state index contributed by atoms with van der Waals surface area (Å²) in [5.74, 6) is 0.780. The molecule has 134 valence electrons. The van der Waals surface area contributed by atoms with Crippen molar-refractivity contribution in [2.24, 2.45) is 0 Å². The summed E-state index contributed by atoms with van der Waals surface area (Å²) in [6.07, 6.45) is 0. The van der Waals surface area contributed by atoms with Crippen LogP contribution < -0.4 is 0 Å². The van der Waals surface area contributed by atoms with Crippen molar-refractivity contribution in [2.75, 3.05) is 7.05 Å². The van der Waals surface area contributed by atoms with E-state index in [9.17, 15) is 4.79 Å². The summed E-state index contributed by atoms with van der Waals surface area (Å²) in [6, 6.07) is 17.1. The number of benzene rings is 2. The lowest BCUT2D eigenvalue weighted by molar-refractivity contribution is -0.129. The van der Waals surface area contributed by atoms with Crippen LogP contribution in [0.3, 0.4) is 0 Å². The van der Waals surface area contributed by atoms with Crippen LogP contribution in [0.4, 0.5) is 0 Å². The number of hydrogen-bond donors (Lipinski definition) is 0. The number of rotatable bonds is 6. The smallest absolute Gasteiger partial charge is 0.246 e. The second-order valence-corrected chi connectivity index (χ2v) is 7.58. The summed E-state index contributed by atoms with van der Waals surface area (Å²) >= 11 is 7.67. The topological polar surface area (TPSA) is 59.2 Å². The molecule has 1 atom stereocenters. The molecule has 0 unspecified atom stereocenters. The molecule has 7 heteroatoms. The van der Waals surface area contributed by atoms with Crippen molar-refractivity contribution in [2.45, 2.75) is 23.6 Å². The first-order valence-electron chi connectivity index (χ1n) is 8.09. The molecule has 0 saturated heterocycles. The maximum absolute atomic E-state index is 12.6. The monoisotopic (exact) mass is 387 g/mol. The van der Waals surface area contributed by atoms with E-state index in [2.05, 4.69) is 10.1 Å². The van der Waals surface area contributed by atoms with Crippen LogP contribution in [-0.2, 0) is 11.3 Å². The predicted octanol–water partition coefficient (Wildman–Crippen LogP) is 4.53. The van der Waals surface area contributed by atoms with Gasteiger partial charge in [0.15, 0.2) is 0 Å². The molecule has 0 aliphatic rings. The van der Waals surface area contributed by atoms with Crippen LogP contribution >= 0.6 is 23.4 Å². The molecule has 0 aliphatic carbocycles. The van der Waals surface area contributed by atoms with Gasteiger partial charge in [-0.3, -0.25) is 4.79 Å². The molecule has 0 saturated carbocycles. The zero-order chi connectivity index (χ0) is 18.5. The third-order valence-corrected chi connectivity index (χ3v) is 5.16. The first-order chi connectivity index (χ1) is 12.5. The second-order valence-electron chi connectivity index (χ2n) is 5.76. The first kappa shape index (κ1) is 18.5. The van der Waals surface area contributed by atoms with Gasteiger partial charge in [0.25, 0.3) is 0 Å². The Morgan fingerprint density at radius 2 is 1.88 bits per heavy atom. The Bertz CT molecular complexity index is 885. The third kappa shape index (κ3) is 4.45. The van der Waals surface area contributed by atoms with E-state index in [1.54, 1.807) is 18.0 Å². The van der Waals surface area contributed by atoms with Crippen LogP contribution in [0, 0.1) is 0 Å². The van der Waals surface area contributed by atoms with Gasteiger partial charge < -0.3 is 9.42 Å². The summed E-state index contributed by atoms with van der Waals surface area (Å²) < 4.78 is 5.27. The minimum Gasteiger partial charge on any atom is -0.337 e. The first-order valence-corrected chi connectivity index (χ1v) is 9.34. The van der Waals surface area contributed by atoms with Crippen LogP contribution in [0.15, 0.2) is 64.0 Å². The second kappa shape index (κ2) is 8.38. The summed E-state index contributed by atoms with van der Waals surface area (Å²) in [6.45, 7) is 2.13. The highest BCUT2D eigenvalue weighted by molar-refractivity contribution is 8.00. The van der Waals surface area contributed by atoms with E-state index in [0.717, 1.165) is 4.90 Å². The molecule has 0 aliphatic heterocycles. The Hall–Kier alpha value is -2.31. The molecule has 2 aromatic carbocycles. The van der Waals surface area contributed by atoms with E-state index in [4.69, 9.17) is 16.1 Å². The fourth-order valence-electron chi connectivity index (χ4n) is 2.42. The quantitative estimate of drug-likeness (QED) is 0.581. The van der Waals surface area contributed by atoms with Crippen molar-refractivity contribution in [1.29, 1.82) is 0 Å². The normalized spacial score (nSPS) is 12.0. The summed E-state index contributed by atoms with van der Waals surface area (Å²) in [5.41, 5.74) is 0.700. The van der Waals surface area contributed by atoms with Gasteiger partial charge in [-0.25, -0.2) is 0 Å². The molecule has 1 amide bonds. The van der Waals surface area contributed by atoms with Crippen LogP contribution in [0.2, 0.25) is 5.02 Å². The van der Waals surface area contributed by atoms with Gasteiger partial charge in [-0.15, -0.1) is 11.8 Å². The molecule has 0 spiro atoms. The number of hydrogen-bond acceptors (Lipinski definition) is 5. The number of thioether (sulfide) groups is 1. The van der Waals surface area contributed by atoms with E-state index in [1.165, 1.54) is 11.8 Å². The van der Waals surface area contributed by atoms with E-state index in [0.29, 0.717) is 22.3 Å². The van der Waals surface area contributed by atoms with Crippen molar-refractivity contribution >= 4 is 29.3 Å². The van der Waals surface area contributed by atoms with Crippen molar-refractivity contribution < 1.29 is 9.32 Å². The highest BCUT2D eigenvalue weighted by atomic mass is 35.5. The molecule has 1 aromatic heterocycles. The highest BCUT2D eigenvalue weighted by Gasteiger charge is 2.21. The molecule has 3 rings (SSSR count). The number of nitrogens with zero attached hydrogens (tertiary/aromatic N) is 3. The van der Waals surface area contributed by atoms with Crippen molar-refractivity contribution in [3.63, 3.8) is 0 Å². The van der Waals surface area contributed by atoms with Crippen molar-refractivity contribution in [3.8, 4) is 11.4 Å². The van der Waals surface area contributed by atoms with Crippen LogP contribution in [0.25, 0.3) is 11.4 Å². The molecular weight excluding hydrogens is 370 g/mol. The highest BCUT2D eigenvalue weighted by Crippen LogP contribution is 2.26. The minimum absolute atomic E-state index is 0.00338. The fourth-order valence-corrected chi connectivity index (χ4v) is 3.64. The maximum atomic E-state index is 12.6. The molecule has 3 aromatic rings. The summed E-state index contributed by atoms with van der Waals surface area (Å²) in [4.78, 5) is 19.6. The molecule has 26 heavy (non-hydrogen) atoms. The lowest BCUT2D eigenvalue weighted by atomic mass is 10.2. The Morgan fingerprint density at radius 3 is 2.62 bits per heavy atom. The fraction of sp³-hybridized carbons (Fsp3) is 0.211. The lowest BCUT2D eigenvalue weighted by Crippen LogP contribution is -2.32. The molecule has 0 N–H and O–H groups in total. The number of carbonyl (C=O) groups is 1. The number of aromatic nitrogens is 2. The van der Waals surface area contributed by atoms with Crippen LogP contribution in [0.1, 0.15) is 12.8 Å². The zero-order valence-electron chi connectivity index (χ0n) is 14.4. The summed E-state index contributed by atoms with van der Waals surface area (Å²) in [7, 11) is 1.73. The number of amides is 1. The maximum Gasteiger partial charge on any atom is 0.246 e. The van der Waals surface area contributed by atoms with E-state index in [1.807, 2.05) is 55.5 Å². The molecule has 1 heterocycles. The van der Waals surface area contributed by atoms with Gasteiger partial charge in [0.2, 0.25) is 17.6 Å². The van der Waals surface area contributed by atoms with E-state index >= 15 is 0 Å². The van der Waals surface area contributed by atoms with Gasteiger partial charge in [-0.1, -0.05) is 47.1 Å². The minimum atomic E-state index is -0.214. The number of halogens is 1.